The lowest BCUT2D eigenvalue weighted by atomic mass is 10.2. The summed E-state index contributed by atoms with van der Waals surface area (Å²) in [6.07, 6.45) is 4.14. The van der Waals surface area contributed by atoms with E-state index >= 15 is 0 Å². The molecule has 0 spiro atoms. The molecule has 7 nitrogen and oxygen atoms in total. The van der Waals surface area contributed by atoms with Crippen LogP contribution >= 0.6 is 0 Å². The van der Waals surface area contributed by atoms with Gasteiger partial charge in [-0.05, 0) is 6.42 Å². The molecule has 0 radical (unpaired) electrons. The quantitative estimate of drug-likeness (QED) is 0.344. The lowest BCUT2D eigenvalue weighted by Crippen LogP contribution is -2.45. The van der Waals surface area contributed by atoms with Gasteiger partial charge in [-0.15, -0.1) is 0 Å². The van der Waals surface area contributed by atoms with Gasteiger partial charge in [-0.25, -0.2) is 9.97 Å². The number of rotatable bonds is 3. The summed E-state index contributed by atoms with van der Waals surface area (Å²) in [5.74, 6) is 0.753. The maximum Gasteiger partial charge on any atom is 0.190 e. The highest BCUT2D eigenvalue weighted by atomic mass is 16.5. The molecule has 0 saturated carbocycles. The highest BCUT2D eigenvalue weighted by molar-refractivity contribution is 5.94. The summed E-state index contributed by atoms with van der Waals surface area (Å²) in [4.78, 5) is 10.6. The minimum absolute atomic E-state index is 0.0388. The molecule has 0 amide bonds. The Bertz CT molecular complexity index is 420. The first-order valence-corrected chi connectivity index (χ1v) is 5.90. The van der Waals surface area contributed by atoms with E-state index in [4.69, 9.17) is 15.7 Å². The van der Waals surface area contributed by atoms with Crippen molar-refractivity contribution >= 4 is 11.7 Å². The van der Waals surface area contributed by atoms with Gasteiger partial charge in [0.25, 0.3) is 0 Å². The molecule has 0 aliphatic carbocycles. The zero-order valence-electron chi connectivity index (χ0n) is 10.3. The van der Waals surface area contributed by atoms with E-state index in [-0.39, 0.29) is 5.84 Å². The van der Waals surface area contributed by atoms with Crippen molar-refractivity contribution in [3.63, 3.8) is 0 Å². The zero-order valence-corrected chi connectivity index (χ0v) is 10.3. The van der Waals surface area contributed by atoms with Crippen LogP contribution in [0.15, 0.2) is 17.5 Å². The Morgan fingerprint density at radius 3 is 3.06 bits per heavy atom. The highest BCUT2D eigenvalue weighted by Gasteiger charge is 2.22. The van der Waals surface area contributed by atoms with E-state index < -0.39 is 0 Å². The highest BCUT2D eigenvalue weighted by Crippen LogP contribution is 2.18. The van der Waals surface area contributed by atoms with Gasteiger partial charge >= 0.3 is 0 Å². The van der Waals surface area contributed by atoms with Crippen molar-refractivity contribution < 1.29 is 9.94 Å². The molecule has 3 N–H and O–H groups in total. The number of ether oxygens (including phenoxy) is 1. The molecular weight excluding hydrogens is 234 g/mol. The first kappa shape index (κ1) is 12.6. The maximum atomic E-state index is 8.55. The van der Waals surface area contributed by atoms with Crippen LogP contribution in [0.1, 0.15) is 19.0 Å². The number of hydrogen-bond acceptors (Lipinski definition) is 6. The minimum Gasteiger partial charge on any atom is -0.409 e. The smallest absolute Gasteiger partial charge is 0.190 e. The van der Waals surface area contributed by atoms with Crippen LogP contribution in [0, 0.1) is 0 Å². The lowest BCUT2D eigenvalue weighted by Gasteiger charge is -2.35. The third-order valence-corrected chi connectivity index (χ3v) is 3.00. The molecule has 98 valence electrons. The van der Waals surface area contributed by atoms with Crippen LogP contribution in [-0.2, 0) is 4.74 Å². The van der Waals surface area contributed by atoms with Gasteiger partial charge in [-0.3, -0.25) is 0 Å². The van der Waals surface area contributed by atoms with Crippen molar-refractivity contribution in [1.29, 1.82) is 0 Å². The second-order valence-corrected chi connectivity index (χ2v) is 4.08. The van der Waals surface area contributed by atoms with Crippen molar-refractivity contribution in [2.75, 3.05) is 24.7 Å². The van der Waals surface area contributed by atoms with Crippen LogP contribution in [0.25, 0.3) is 0 Å². The third kappa shape index (κ3) is 2.51. The van der Waals surface area contributed by atoms with Crippen molar-refractivity contribution in [1.82, 2.24) is 9.97 Å². The van der Waals surface area contributed by atoms with Crippen LogP contribution in [-0.4, -0.2) is 46.8 Å². The van der Waals surface area contributed by atoms with Gasteiger partial charge in [0.15, 0.2) is 5.84 Å². The zero-order chi connectivity index (χ0) is 13.0. The fraction of sp³-hybridized carbons (Fsp3) is 0.545. The molecule has 1 aliphatic rings. The summed E-state index contributed by atoms with van der Waals surface area (Å²) in [5.41, 5.74) is 5.80. The summed E-state index contributed by atoms with van der Waals surface area (Å²) in [7, 11) is 0. The predicted octanol–water partition coefficient (Wildman–Crippen LogP) is 0.186. The van der Waals surface area contributed by atoms with E-state index in [0.29, 0.717) is 24.9 Å². The second-order valence-electron chi connectivity index (χ2n) is 4.08. The molecule has 1 aromatic heterocycles. The molecule has 2 rings (SSSR count). The van der Waals surface area contributed by atoms with Crippen molar-refractivity contribution in [3.8, 4) is 0 Å². The largest absolute Gasteiger partial charge is 0.409 e. The van der Waals surface area contributed by atoms with Crippen LogP contribution < -0.4 is 10.6 Å². The first-order valence-electron chi connectivity index (χ1n) is 5.90. The van der Waals surface area contributed by atoms with E-state index in [2.05, 4.69) is 26.9 Å². The van der Waals surface area contributed by atoms with Gasteiger partial charge in [0.2, 0.25) is 0 Å². The Morgan fingerprint density at radius 1 is 1.61 bits per heavy atom. The Labute approximate surface area is 105 Å². The van der Waals surface area contributed by atoms with Gasteiger partial charge < -0.3 is 20.6 Å². The molecule has 2 heterocycles. The summed E-state index contributed by atoms with van der Waals surface area (Å²) in [6, 6.07) is 0.322. The van der Waals surface area contributed by atoms with Crippen LogP contribution in [0.3, 0.4) is 0 Å². The van der Waals surface area contributed by atoms with Crippen molar-refractivity contribution in [2.24, 2.45) is 10.9 Å². The van der Waals surface area contributed by atoms with Gasteiger partial charge in [0.05, 0.1) is 31.6 Å². The SMILES string of the molecule is CCC1COCCN1c1cnc(C(N)=NO)cn1. The van der Waals surface area contributed by atoms with E-state index in [1.807, 2.05) is 0 Å². The Hall–Kier alpha value is -1.89. The molecule has 1 saturated heterocycles. The number of aromatic nitrogens is 2. The molecule has 0 bridgehead atoms. The standard InChI is InChI=1S/C11H17N5O2/c1-2-8-7-18-4-3-16(8)10-6-13-9(5-14-10)11(12)15-17/h5-6,8,17H,2-4,7H2,1H3,(H2,12,15). The van der Waals surface area contributed by atoms with Gasteiger partial charge in [0, 0.05) is 6.54 Å². The Balaban J connectivity index is 2.17. The normalized spacial score (nSPS) is 21.1. The molecule has 1 aliphatic heterocycles. The Kier molecular flexibility index (Phi) is 3.93. The first-order chi connectivity index (χ1) is 8.76. The number of anilines is 1. The molecule has 1 atom stereocenters. The summed E-state index contributed by atoms with van der Waals surface area (Å²) in [5, 5.41) is 11.4. The minimum atomic E-state index is -0.0388. The number of morpholine rings is 1. The summed E-state index contributed by atoms with van der Waals surface area (Å²) < 4.78 is 5.44. The van der Waals surface area contributed by atoms with Gasteiger partial charge in [-0.1, -0.05) is 12.1 Å². The van der Waals surface area contributed by atoms with Crippen molar-refractivity contribution in [3.05, 3.63) is 18.1 Å². The fourth-order valence-corrected chi connectivity index (χ4v) is 1.95. The number of nitrogens with two attached hydrogens (primary N) is 1. The summed E-state index contributed by atoms with van der Waals surface area (Å²) in [6.45, 7) is 4.32. The molecule has 1 fully saturated rings. The predicted molar refractivity (Wildman–Crippen MR) is 66.8 cm³/mol. The second kappa shape index (κ2) is 5.63. The molecule has 18 heavy (non-hydrogen) atoms. The fourth-order valence-electron chi connectivity index (χ4n) is 1.95. The summed E-state index contributed by atoms with van der Waals surface area (Å²) >= 11 is 0. The topological polar surface area (TPSA) is 96.9 Å². The molecule has 7 heteroatoms. The van der Waals surface area contributed by atoms with Crippen molar-refractivity contribution in [2.45, 2.75) is 19.4 Å². The average molecular weight is 251 g/mol. The van der Waals surface area contributed by atoms with E-state index in [9.17, 15) is 0 Å². The van der Waals surface area contributed by atoms with Crippen LogP contribution in [0.2, 0.25) is 0 Å². The maximum absolute atomic E-state index is 8.55. The third-order valence-electron chi connectivity index (χ3n) is 3.00. The Morgan fingerprint density at radius 2 is 2.44 bits per heavy atom. The van der Waals surface area contributed by atoms with E-state index in [1.54, 1.807) is 6.20 Å². The van der Waals surface area contributed by atoms with Crippen LogP contribution in [0.5, 0.6) is 0 Å². The van der Waals surface area contributed by atoms with E-state index in [1.165, 1.54) is 6.20 Å². The molecular formula is C11H17N5O2. The van der Waals surface area contributed by atoms with Gasteiger partial charge in [-0.2, -0.15) is 0 Å². The molecule has 1 unspecified atom stereocenters. The lowest BCUT2D eigenvalue weighted by molar-refractivity contribution is 0.0925. The van der Waals surface area contributed by atoms with E-state index in [0.717, 1.165) is 18.8 Å². The number of hydrogen-bond donors (Lipinski definition) is 2. The average Bonchev–Trinajstić information content (AvgIpc) is 2.46. The number of oxime groups is 1. The number of amidine groups is 1. The molecule has 1 aromatic rings. The number of nitrogens with zero attached hydrogens (tertiary/aromatic N) is 4. The molecule has 0 aromatic carbocycles. The monoisotopic (exact) mass is 251 g/mol. The van der Waals surface area contributed by atoms with Gasteiger partial charge in [0.1, 0.15) is 11.5 Å². The van der Waals surface area contributed by atoms with Crippen LogP contribution in [0.4, 0.5) is 5.82 Å².